The highest BCUT2D eigenvalue weighted by molar-refractivity contribution is 5.97. The second-order valence-electron chi connectivity index (χ2n) is 5.21. The Bertz CT molecular complexity index is 465. The molecular weight excluding hydrogens is 228 g/mol. The molecule has 98 valence electrons. The first kappa shape index (κ1) is 12.9. The van der Waals surface area contributed by atoms with E-state index in [2.05, 4.69) is 0 Å². The maximum atomic E-state index is 12.3. The number of carbonyl (C=O) groups excluding carboxylic acids is 1. The van der Waals surface area contributed by atoms with Gasteiger partial charge in [-0.05, 0) is 31.0 Å². The van der Waals surface area contributed by atoms with E-state index in [4.69, 9.17) is 5.73 Å². The van der Waals surface area contributed by atoms with Crippen molar-refractivity contribution in [1.29, 1.82) is 0 Å². The van der Waals surface area contributed by atoms with Gasteiger partial charge in [0.15, 0.2) is 0 Å². The molecule has 1 fully saturated rings. The second kappa shape index (κ2) is 4.61. The summed E-state index contributed by atoms with van der Waals surface area (Å²) in [6.07, 6.45) is 1.67. The number of nitrogens with zero attached hydrogens (tertiary/aromatic N) is 1. The lowest BCUT2D eigenvalue weighted by Crippen LogP contribution is -2.63. The average molecular weight is 248 g/mol. The number of anilines is 1. The number of aliphatic hydroxyl groups is 1. The van der Waals surface area contributed by atoms with Gasteiger partial charge in [0.25, 0.3) is 5.91 Å². The van der Waals surface area contributed by atoms with Crippen LogP contribution in [0.25, 0.3) is 0 Å². The number of β-amino-alcohol motifs (C(OH)–C–C–N with tert-alkyl or cyclic N) is 1. The van der Waals surface area contributed by atoms with Gasteiger partial charge in [0.2, 0.25) is 0 Å². The SMILES string of the molecule is CCCC1(O)CN(C(=O)c2cc(N)ccc2C)C1. The van der Waals surface area contributed by atoms with Crippen LogP contribution in [0.3, 0.4) is 0 Å². The van der Waals surface area contributed by atoms with E-state index in [-0.39, 0.29) is 5.91 Å². The van der Waals surface area contributed by atoms with E-state index in [9.17, 15) is 9.90 Å². The van der Waals surface area contributed by atoms with Crippen molar-refractivity contribution in [3.05, 3.63) is 29.3 Å². The largest absolute Gasteiger partial charge is 0.399 e. The highest BCUT2D eigenvalue weighted by Crippen LogP contribution is 2.28. The van der Waals surface area contributed by atoms with Gasteiger partial charge < -0.3 is 15.7 Å². The van der Waals surface area contributed by atoms with E-state index in [1.165, 1.54) is 0 Å². The van der Waals surface area contributed by atoms with Crippen molar-refractivity contribution in [2.75, 3.05) is 18.8 Å². The van der Waals surface area contributed by atoms with E-state index in [0.717, 1.165) is 18.4 Å². The normalized spacial score (nSPS) is 17.4. The summed E-state index contributed by atoms with van der Waals surface area (Å²) in [5.41, 5.74) is 7.16. The van der Waals surface area contributed by atoms with E-state index >= 15 is 0 Å². The quantitative estimate of drug-likeness (QED) is 0.798. The fourth-order valence-corrected chi connectivity index (χ4v) is 2.47. The third-order valence-corrected chi connectivity index (χ3v) is 3.46. The summed E-state index contributed by atoms with van der Waals surface area (Å²) in [7, 11) is 0. The fraction of sp³-hybridized carbons (Fsp3) is 0.500. The Morgan fingerprint density at radius 1 is 1.50 bits per heavy atom. The molecule has 1 aliphatic heterocycles. The van der Waals surface area contributed by atoms with Crippen LogP contribution < -0.4 is 5.73 Å². The standard InChI is InChI=1S/C14H20N2O2/c1-3-6-14(18)8-16(9-14)13(17)12-7-11(15)5-4-10(12)2/h4-5,7,18H,3,6,8-9,15H2,1-2H3. The van der Waals surface area contributed by atoms with Crippen LogP contribution >= 0.6 is 0 Å². The van der Waals surface area contributed by atoms with E-state index < -0.39 is 5.60 Å². The summed E-state index contributed by atoms with van der Waals surface area (Å²) in [6.45, 7) is 4.77. The number of amides is 1. The van der Waals surface area contributed by atoms with Crippen molar-refractivity contribution in [2.45, 2.75) is 32.3 Å². The molecule has 2 rings (SSSR count). The molecule has 18 heavy (non-hydrogen) atoms. The summed E-state index contributed by atoms with van der Waals surface area (Å²) in [4.78, 5) is 13.9. The number of likely N-dealkylation sites (tertiary alicyclic amines) is 1. The molecule has 1 aromatic carbocycles. The van der Waals surface area contributed by atoms with Gasteiger partial charge in [0, 0.05) is 11.3 Å². The van der Waals surface area contributed by atoms with Gasteiger partial charge in [-0.2, -0.15) is 0 Å². The molecule has 0 radical (unpaired) electrons. The van der Waals surface area contributed by atoms with Crippen molar-refractivity contribution in [1.82, 2.24) is 4.90 Å². The molecule has 1 aromatic rings. The van der Waals surface area contributed by atoms with Gasteiger partial charge in [0.1, 0.15) is 0 Å². The number of benzene rings is 1. The van der Waals surface area contributed by atoms with Gasteiger partial charge in [-0.1, -0.05) is 19.4 Å². The van der Waals surface area contributed by atoms with Crippen LogP contribution in [0.15, 0.2) is 18.2 Å². The lowest BCUT2D eigenvalue weighted by Gasteiger charge is -2.46. The third kappa shape index (κ3) is 2.34. The predicted molar refractivity (Wildman–Crippen MR) is 71.4 cm³/mol. The van der Waals surface area contributed by atoms with Crippen LogP contribution in [0.1, 0.15) is 35.7 Å². The van der Waals surface area contributed by atoms with Crippen LogP contribution in [-0.2, 0) is 0 Å². The Morgan fingerprint density at radius 2 is 2.17 bits per heavy atom. The number of hydrogen-bond acceptors (Lipinski definition) is 3. The number of hydrogen-bond donors (Lipinski definition) is 2. The monoisotopic (exact) mass is 248 g/mol. The minimum atomic E-state index is -0.682. The molecule has 0 aromatic heterocycles. The predicted octanol–water partition coefficient (Wildman–Crippen LogP) is 1.56. The zero-order valence-corrected chi connectivity index (χ0v) is 10.9. The Hall–Kier alpha value is -1.55. The number of rotatable bonds is 3. The molecule has 1 aliphatic rings. The Balaban J connectivity index is 2.08. The molecule has 0 unspecified atom stereocenters. The molecule has 0 saturated carbocycles. The van der Waals surface area contributed by atoms with E-state index in [1.54, 1.807) is 17.0 Å². The number of nitrogens with two attached hydrogens (primary N) is 1. The first-order valence-electron chi connectivity index (χ1n) is 6.33. The average Bonchev–Trinajstić information content (AvgIpc) is 2.28. The maximum absolute atomic E-state index is 12.3. The summed E-state index contributed by atoms with van der Waals surface area (Å²) in [5.74, 6) is -0.0411. The minimum Gasteiger partial charge on any atom is -0.399 e. The van der Waals surface area contributed by atoms with Crippen molar-refractivity contribution >= 4 is 11.6 Å². The van der Waals surface area contributed by atoms with Gasteiger partial charge >= 0.3 is 0 Å². The zero-order valence-electron chi connectivity index (χ0n) is 10.9. The van der Waals surface area contributed by atoms with Crippen molar-refractivity contribution in [2.24, 2.45) is 0 Å². The van der Waals surface area contributed by atoms with Crippen LogP contribution in [0.5, 0.6) is 0 Å². The van der Waals surface area contributed by atoms with Crippen LogP contribution in [0.2, 0.25) is 0 Å². The maximum Gasteiger partial charge on any atom is 0.254 e. The summed E-state index contributed by atoms with van der Waals surface area (Å²) >= 11 is 0. The van der Waals surface area contributed by atoms with Crippen molar-refractivity contribution in [3.63, 3.8) is 0 Å². The topological polar surface area (TPSA) is 66.6 Å². The van der Waals surface area contributed by atoms with Gasteiger partial charge in [-0.3, -0.25) is 4.79 Å². The molecule has 0 spiro atoms. The highest BCUT2D eigenvalue weighted by atomic mass is 16.3. The molecule has 0 atom stereocenters. The molecular formula is C14H20N2O2. The van der Waals surface area contributed by atoms with Crippen LogP contribution in [-0.4, -0.2) is 34.6 Å². The van der Waals surface area contributed by atoms with Crippen LogP contribution in [0.4, 0.5) is 5.69 Å². The zero-order chi connectivity index (χ0) is 13.3. The molecule has 4 heteroatoms. The molecule has 1 amide bonds. The van der Waals surface area contributed by atoms with Crippen molar-refractivity contribution < 1.29 is 9.90 Å². The number of nitrogen functional groups attached to an aromatic ring is 1. The number of aryl methyl sites for hydroxylation is 1. The van der Waals surface area contributed by atoms with Gasteiger partial charge in [-0.25, -0.2) is 0 Å². The van der Waals surface area contributed by atoms with Gasteiger partial charge in [0.05, 0.1) is 18.7 Å². The smallest absolute Gasteiger partial charge is 0.254 e. The Morgan fingerprint density at radius 3 is 2.78 bits per heavy atom. The molecule has 1 saturated heterocycles. The summed E-state index contributed by atoms with van der Waals surface area (Å²) in [5, 5.41) is 10.1. The molecule has 1 heterocycles. The molecule has 0 aliphatic carbocycles. The van der Waals surface area contributed by atoms with Gasteiger partial charge in [-0.15, -0.1) is 0 Å². The molecule has 3 N–H and O–H groups in total. The minimum absolute atomic E-state index is 0.0411. The van der Waals surface area contributed by atoms with E-state index in [0.29, 0.717) is 24.3 Å². The van der Waals surface area contributed by atoms with Crippen LogP contribution in [0, 0.1) is 6.92 Å². The summed E-state index contributed by atoms with van der Waals surface area (Å²) in [6, 6.07) is 5.34. The Labute approximate surface area is 107 Å². The third-order valence-electron chi connectivity index (χ3n) is 3.46. The summed E-state index contributed by atoms with van der Waals surface area (Å²) < 4.78 is 0. The first-order chi connectivity index (χ1) is 8.45. The number of carbonyl (C=O) groups is 1. The highest BCUT2D eigenvalue weighted by Gasteiger charge is 2.43. The van der Waals surface area contributed by atoms with Crippen molar-refractivity contribution in [3.8, 4) is 0 Å². The second-order valence-corrected chi connectivity index (χ2v) is 5.21. The lowest BCUT2D eigenvalue weighted by atomic mass is 9.88. The first-order valence-corrected chi connectivity index (χ1v) is 6.33. The molecule has 0 bridgehead atoms. The lowest BCUT2D eigenvalue weighted by molar-refractivity contribution is -0.0860. The fourth-order valence-electron chi connectivity index (χ4n) is 2.47. The Kier molecular flexibility index (Phi) is 3.30. The molecule has 4 nitrogen and oxygen atoms in total. The van der Waals surface area contributed by atoms with E-state index in [1.807, 2.05) is 19.9 Å².